The number of sulfonamides is 1. The first kappa shape index (κ1) is 18.2. The van der Waals surface area contributed by atoms with E-state index in [-0.39, 0.29) is 17.2 Å². The summed E-state index contributed by atoms with van der Waals surface area (Å²) in [5, 5.41) is 2.68. The lowest BCUT2D eigenvalue weighted by Crippen LogP contribution is -2.24. The highest BCUT2D eigenvalue weighted by molar-refractivity contribution is 7.89. The maximum Gasteiger partial charge on any atom is 0.242 e. The number of aryl methyl sites for hydroxylation is 1. The predicted octanol–water partition coefficient (Wildman–Crippen LogP) is 1.18. The smallest absolute Gasteiger partial charge is 0.242 e. The van der Waals surface area contributed by atoms with Gasteiger partial charge in [0.25, 0.3) is 0 Å². The highest BCUT2D eigenvalue weighted by atomic mass is 32.2. The van der Waals surface area contributed by atoms with Crippen molar-refractivity contribution in [1.29, 1.82) is 0 Å². The van der Waals surface area contributed by atoms with Crippen LogP contribution in [0.2, 0.25) is 0 Å². The van der Waals surface area contributed by atoms with Crippen molar-refractivity contribution in [1.82, 2.24) is 9.62 Å². The molecule has 1 rings (SSSR count). The van der Waals surface area contributed by atoms with E-state index in [4.69, 9.17) is 4.74 Å². The molecule has 0 atom stereocenters. The van der Waals surface area contributed by atoms with Gasteiger partial charge < -0.3 is 10.1 Å². The molecule has 1 aromatic rings. The van der Waals surface area contributed by atoms with Crippen molar-refractivity contribution in [2.24, 2.45) is 0 Å². The van der Waals surface area contributed by atoms with Crippen LogP contribution in [0, 0.1) is 0 Å². The molecule has 0 heterocycles. The van der Waals surface area contributed by atoms with Crippen LogP contribution in [0.5, 0.6) is 5.75 Å². The Balaban J connectivity index is 2.97. The number of nitrogens with one attached hydrogen (secondary N) is 1. The van der Waals surface area contributed by atoms with Crippen molar-refractivity contribution in [2.75, 3.05) is 27.7 Å². The van der Waals surface area contributed by atoms with Gasteiger partial charge in [0.2, 0.25) is 15.9 Å². The molecule has 0 aliphatic heterocycles. The minimum atomic E-state index is -3.51. The quantitative estimate of drug-likeness (QED) is 0.728. The molecule has 22 heavy (non-hydrogen) atoms. The molecule has 1 N–H and O–H groups in total. The lowest BCUT2D eigenvalue weighted by molar-refractivity contribution is -0.120. The Kier molecular flexibility index (Phi) is 6.58. The Morgan fingerprint density at radius 2 is 2.09 bits per heavy atom. The van der Waals surface area contributed by atoms with E-state index in [1.165, 1.54) is 27.3 Å². The number of amides is 1. The van der Waals surface area contributed by atoms with E-state index in [2.05, 4.69) is 11.9 Å². The number of benzene rings is 1. The summed E-state index contributed by atoms with van der Waals surface area (Å²) in [7, 11) is 0.946. The third kappa shape index (κ3) is 4.57. The van der Waals surface area contributed by atoms with Gasteiger partial charge in [-0.1, -0.05) is 6.08 Å². The van der Waals surface area contributed by atoms with Gasteiger partial charge >= 0.3 is 0 Å². The van der Waals surface area contributed by atoms with E-state index < -0.39 is 10.0 Å². The highest BCUT2D eigenvalue weighted by Crippen LogP contribution is 2.24. The number of hydrogen-bond donors (Lipinski definition) is 1. The first-order valence-corrected chi connectivity index (χ1v) is 8.24. The van der Waals surface area contributed by atoms with E-state index in [9.17, 15) is 13.2 Å². The van der Waals surface area contributed by atoms with Crippen molar-refractivity contribution in [3.05, 3.63) is 36.4 Å². The average molecular weight is 326 g/mol. The summed E-state index contributed by atoms with van der Waals surface area (Å²) in [6.07, 6.45) is 2.24. The molecule has 0 bridgehead atoms. The van der Waals surface area contributed by atoms with Gasteiger partial charge in [0.05, 0.1) is 12.0 Å². The van der Waals surface area contributed by atoms with E-state index in [1.54, 1.807) is 18.2 Å². The molecule has 0 spiro atoms. The van der Waals surface area contributed by atoms with Gasteiger partial charge in [0.1, 0.15) is 5.75 Å². The summed E-state index contributed by atoms with van der Waals surface area (Å²) in [5.41, 5.74) is 0.680. The van der Waals surface area contributed by atoms with Gasteiger partial charge in [-0.3, -0.25) is 4.79 Å². The molecule has 0 aromatic heterocycles. The van der Waals surface area contributed by atoms with Crippen molar-refractivity contribution < 1.29 is 17.9 Å². The summed E-state index contributed by atoms with van der Waals surface area (Å²) < 4.78 is 30.7. The molecule has 0 aliphatic carbocycles. The van der Waals surface area contributed by atoms with Crippen LogP contribution < -0.4 is 10.1 Å². The average Bonchev–Trinajstić information content (AvgIpc) is 2.50. The number of carbonyl (C=O) groups is 1. The fourth-order valence-electron chi connectivity index (χ4n) is 1.84. The highest BCUT2D eigenvalue weighted by Gasteiger charge is 2.19. The van der Waals surface area contributed by atoms with Crippen LogP contribution >= 0.6 is 0 Å². The van der Waals surface area contributed by atoms with Gasteiger partial charge in [-0.05, 0) is 30.2 Å². The second kappa shape index (κ2) is 7.95. The fraction of sp³-hybridized carbons (Fsp3) is 0.400. The predicted molar refractivity (Wildman–Crippen MR) is 85.4 cm³/mol. The summed E-state index contributed by atoms with van der Waals surface area (Å²) in [5.74, 6) is 0.442. The van der Waals surface area contributed by atoms with Crippen LogP contribution in [0.15, 0.2) is 35.7 Å². The molecular weight excluding hydrogens is 304 g/mol. The van der Waals surface area contributed by atoms with Gasteiger partial charge in [-0.15, -0.1) is 6.58 Å². The zero-order chi connectivity index (χ0) is 16.8. The number of nitrogens with zero attached hydrogens (tertiary/aromatic N) is 1. The molecule has 1 aromatic carbocycles. The maximum atomic E-state index is 12.2. The monoisotopic (exact) mass is 326 g/mol. The molecule has 6 nitrogen and oxygen atoms in total. The number of hydrogen-bond acceptors (Lipinski definition) is 4. The van der Waals surface area contributed by atoms with Crippen LogP contribution in [-0.4, -0.2) is 46.4 Å². The molecule has 0 aliphatic rings. The number of ether oxygens (including phenoxy) is 1. The van der Waals surface area contributed by atoms with Gasteiger partial charge in [0.15, 0.2) is 0 Å². The molecule has 0 saturated carbocycles. The second-order valence-electron chi connectivity index (χ2n) is 4.85. The van der Waals surface area contributed by atoms with E-state index in [0.717, 1.165) is 4.31 Å². The Hall–Kier alpha value is -1.86. The normalized spacial score (nSPS) is 11.3. The van der Waals surface area contributed by atoms with Crippen LogP contribution in [0.4, 0.5) is 0 Å². The summed E-state index contributed by atoms with van der Waals surface area (Å²) in [4.78, 5) is 11.8. The zero-order valence-corrected chi connectivity index (χ0v) is 13.9. The molecule has 7 heteroatoms. The minimum absolute atomic E-state index is 0.122. The first-order chi connectivity index (χ1) is 10.3. The standard InChI is InChI=1S/C15H22N2O4S/c1-5-10-16-15(18)9-6-12-11-13(7-8-14(12)21-4)22(19,20)17(2)3/h5,7-8,11H,1,6,9-10H2,2-4H3,(H,16,18). The molecule has 122 valence electrons. The number of methoxy groups -OCH3 is 1. The largest absolute Gasteiger partial charge is 0.496 e. The molecule has 0 saturated heterocycles. The van der Waals surface area contributed by atoms with E-state index in [1.807, 2.05) is 0 Å². The summed E-state index contributed by atoms with van der Waals surface area (Å²) >= 11 is 0. The number of rotatable bonds is 8. The van der Waals surface area contributed by atoms with Gasteiger partial charge in [-0.25, -0.2) is 12.7 Å². The third-order valence-corrected chi connectivity index (χ3v) is 4.91. The van der Waals surface area contributed by atoms with Crippen LogP contribution in [0.3, 0.4) is 0 Å². The fourth-order valence-corrected chi connectivity index (χ4v) is 2.80. The van der Waals surface area contributed by atoms with Crippen molar-refractivity contribution in [2.45, 2.75) is 17.7 Å². The second-order valence-corrected chi connectivity index (χ2v) is 7.01. The Morgan fingerprint density at radius 3 is 2.64 bits per heavy atom. The summed E-state index contributed by atoms with van der Waals surface area (Å²) in [6, 6.07) is 4.65. The third-order valence-electron chi connectivity index (χ3n) is 3.10. The maximum absolute atomic E-state index is 12.2. The van der Waals surface area contributed by atoms with Crippen LogP contribution in [-0.2, 0) is 21.2 Å². The number of carbonyl (C=O) groups excluding carboxylic acids is 1. The minimum Gasteiger partial charge on any atom is -0.496 e. The lowest BCUT2D eigenvalue weighted by atomic mass is 10.1. The van der Waals surface area contributed by atoms with Crippen LogP contribution in [0.1, 0.15) is 12.0 Å². The van der Waals surface area contributed by atoms with E-state index in [0.29, 0.717) is 24.3 Å². The van der Waals surface area contributed by atoms with Gasteiger partial charge in [0, 0.05) is 27.1 Å². The topological polar surface area (TPSA) is 75.7 Å². The first-order valence-electron chi connectivity index (χ1n) is 6.80. The molecule has 0 unspecified atom stereocenters. The Morgan fingerprint density at radius 1 is 1.41 bits per heavy atom. The SMILES string of the molecule is C=CCNC(=O)CCc1cc(S(=O)(=O)N(C)C)ccc1OC. The Labute approximate surface area is 131 Å². The van der Waals surface area contributed by atoms with Crippen molar-refractivity contribution >= 4 is 15.9 Å². The Bertz CT molecular complexity index is 639. The molecule has 0 fully saturated rings. The summed E-state index contributed by atoms with van der Waals surface area (Å²) in [6.45, 7) is 3.94. The molecule has 1 amide bonds. The van der Waals surface area contributed by atoms with Crippen molar-refractivity contribution in [3.63, 3.8) is 0 Å². The van der Waals surface area contributed by atoms with Crippen LogP contribution in [0.25, 0.3) is 0 Å². The zero-order valence-electron chi connectivity index (χ0n) is 13.1. The van der Waals surface area contributed by atoms with Gasteiger partial charge in [-0.2, -0.15) is 0 Å². The lowest BCUT2D eigenvalue weighted by Gasteiger charge is -2.14. The molecular formula is C15H22N2O4S. The molecule has 0 radical (unpaired) electrons. The van der Waals surface area contributed by atoms with Crippen molar-refractivity contribution in [3.8, 4) is 5.75 Å². The van der Waals surface area contributed by atoms with E-state index >= 15 is 0 Å².